The van der Waals surface area contributed by atoms with E-state index in [1.807, 2.05) is 31.2 Å². The second-order valence-corrected chi connectivity index (χ2v) is 5.07. The number of aromatic nitrogens is 1. The first-order valence-electron chi connectivity index (χ1n) is 6.84. The fraction of sp³-hybridized carbons (Fsp3) is 0.111. The Bertz CT molecular complexity index is 857. The number of ether oxygens (including phenoxy) is 1. The van der Waals surface area contributed by atoms with Crippen LogP contribution in [0.25, 0.3) is 22.2 Å². The van der Waals surface area contributed by atoms with Crippen molar-refractivity contribution in [3.63, 3.8) is 0 Å². The van der Waals surface area contributed by atoms with Crippen molar-refractivity contribution in [2.75, 3.05) is 7.11 Å². The zero-order valence-corrected chi connectivity index (χ0v) is 12.3. The minimum Gasteiger partial charge on any atom is -0.465 e. The van der Waals surface area contributed by atoms with Crippen LogP contribution in [-0.4, -0.2) is 18.1 Å². The molecule has 1 heterocycles. The molecule has 0 aliphatic heterocycles. The molecule has 0 spiro atoms. The number of halogens is 1. The van der Waals surface area contributed by atoms with Crippen molar-refractivity contribution in [2.24, 2.45) is 0 Å². The molecule has 0 unspecified atom stereocenters. The number of benzene rings is 2. The third kappa shape index (κ3) is 2.55. The molecule has 3 nitrogen and oxygen atoms in total. The molecule has 2 aromatic carbocycles. The second-order valence-electron chi connectivity index (χ2n) is 5.07. The normalized spacial score (nSPS) is 10.7. The van der Waals surface area contributed by atoms with Crippen LogP contribution in [0.4, 0.5) is 4.39 Å². The minimum atomic E-state index is -0.465. The Hall–Kier alpha value is -2.75. The molecule has 0 amide bonds. The largest absolute Gasteiger partial charge is 0.465 e. The van der Waals surface area contributed by atoms with Gasteiger partial charge >= 0.3 is 5.97 Å². The molecule has 1 aromatic heterocycles. The lowest BCUT2D eigenvalue weighted by Gasteiger charge is -2.09. The van der Waals surface area contributed by atoms with Gasteiger partial charge in [0.15, 0.2) is 0 Å². The van der Waals surface area contributed by atoms with E-state index in [1.165, 1.54) is 19.2 Å². The first-order valence-corrected chi connectivity index (χ1v) is 6.84. The zero-order valence-electron chi connectivity index (χ0n) is 12.3. The summed E-state index contributed by atoms with van der Waals surface area (Å²) in [5, 5.41) is 0.573. The van der Waals surface area contributed by atoms with E-state index in [9.17, 15) is 9.18 Å². The van der Waals surface area contributed by atoms with Gasteiger partial charge in [-0.25, -0.2) is 14.2 Å². The quantitative estimate of drug-likeness (QED) is 0.667. The van der Waals surface area contributed by atoms with Crippen LogP contribution in [0.5, 0.6) is 0 Å². The summed E-state index contributed by atoms with van der Waals surface area (Å²) in [6.45, 7) is 1.99. The van der Waals surface area contributed by atoms with E-state index >= 15 is 0 Å². The van der Waals surface area contributed by atoms with Gasteiger partial charge in [0.25, 0.3) is 0 Å². The lowest BCUT2D eigenvalue weighted by Crippen LogP contribution is -2.04. The van der Waals surface area contributed by atoms with Gasteiger partial charge in [0.2, 0.25) is 0 Å². The molecule has 0 aliphatic carbocycles. The van der Waals surface area contributed by atoms with Gasteiger partial charge in [-0.05, 0) is 25.1 Å². The lowest BCUT2D eigenvalue weighted by molar-refractivity contribution is 0.0603. The molecule has 0 fully saturated rings. The van der Waals surface area contributed by atoms with Crippen LogP contribution in [0.15, 0.2) is 48.5 Å². The molecule has 0 saturated carbocycles. The van der Waals surface area contributed by atoms with Crippen molar-refractivity contribution in [1.82, 2.24) is 4.98 Å². The number of hydrogen-bond acceptors (Lipinski definition) is 3. The summed E-state index contributed by atoms with van der Waals surface area (Å²) < 4.78 is 18.3. The molecule has 0 radical (unpaired) electrons. The maximum absolute atomic E-state index is 13.5. The molecular weight excluding hydrogens is 281 g/mol. The van der Waals surface area contributed by atoms with E-state index in [2.05, 4.69) is 4.98 Å². The van der Waals surface area contributed by atoms with Crippen LogP contribution >= 0.6 is 0 Å². The van der Waals surface area contributed by atoms with Crippen molar-refractivity contribution in [1.29, 1.82) is 0 Å². The van der Waals surface area contributed by atoms with Crippen LogP contribution in [0, 0.1) is 12.7 Å². The maximum Gasteiger partial charge on any atom is 0.338 e. The molecule has 0 bridgehead atoms. The van der Waals surface area contributed by atoms with E-state index in [1.54, 1.807) is 12.1 Å². The summed E-state index contributed by atoms with van der Waals surface area (Å²) in [7, 11) is 1.32. The van der Waals surface area contributed by atoms with Gasteiger partial charge < -0.3 is 4.74 Å². The predicted octanol–water partition coefficient (Wildman–Crippen LogP) is 4.14. The molecule has 110 valence electrons. The minimum absolute atomic E-state index is 0.378. The third-order valence-corrected chi connectivity index (χ3v) is 3.52. The topological polar surface area (TPSA) is 39.2 Å². The fourth-order valence-electron chi connectivity index (χ4n) is 2.35. The maximum atomic E-state index is 13.5. The van der Waals surface area contributed by atoms with Crippen LogP contribution in [0.3, 0.4) is 0 Å². The highest BCUT2D eigenvalue weighted by molar-refractivity contribution is 6.04. The summed E-state index contributed by atoms with van der Waals surface area (Å²) in [4.78, 5) is 16.5. The molecule has 22 heavy (non-hydrogen) atoms. The van der Waals surface area contributed by atoms with E-state index in [0.29, 0.717) is 22.2 Å². The predicted molar refractivity (Wildman–Crippen MR) is 83.2 cm³/mol. The van der Waals surface area contributed by atoms with Crippen LogP contribution in [0.2, 0.25) is 0 Å². The smallest absolute Gasteiger partial charge is 0.338 e. The Labute approximate surface area is 127 Å². The van der Waals surface area contributed by atoms with E-state index < -0.39 is 11.8 Å². The average molecular weight is 295 g/mol. The summed E-state index contributed by atoms with van der Waals surface area (Å²) in [6, 6.07) is 13.6. The standard InChI is InChI=1S/C18H14FNO2/c1-11-3-5-12(6-4-11)16-10-15(18(21)22-2)14-8-7-13(19)9-17(14)20-16/h3-10H,1-2H3. The molecule has 3 rings (SSSR count). The van der Waals surface area contributed by atoms with Crippen molar-refractivity contribution in [3.05, 3.63) is 65.5 Å². The van der Waals surface area contributed by atoms with E-state index in [0.717, 1.165) is 11.1 Å². The van der Waals surface area contributed by atoms with Crippen LogP contribution in [-0.2, 0) is 4.74 Å². The second kappa shape index (κ2) is 5.56. The Balaban J connectivity index is 2.27. The molecule has 0 atom stereocenters. The number of hydrogen-bond donors (Lipinski definition) is 0. The Morgan fingerprint density at radius 2 is 1.82 bits per heavy atom. The monoisotopic (exact) mass is 295 g/mol. The van der Waals surface area contributed by atoms with Gasteiger partial charge in [-0.1, -0.05) is 29.8 Å². The van der Waals surface area contributed by atoms with Crippen molar-refractivity contribution < 1.29 is 13.9 Å². The van der Waals surface area contributed by atoms with Crippen molar-refractivity contribution >= 4 is 16.9 Å². The van der Waals surface area contributed by atoms with Crippen LogP contribution in [0.1, 0.15) is 15.9 Å². The highest BCUT2D eigenvalue weighted by Crippen LogP contribution is 2.26. The van der Waals surface area contributed by atoms with Gasteiger partial charge in [-0.2, -0.15) is 0 Å². The van der Waals surface area contributed by atoms with Gasteiger partial charge in [0.05, 0.1) is 23.9 Å². The van der Waals surface area contributed by atoms with Crippen LogP contribution < -0.4 is 0 Å². The number of aryl methyl sites for hydroxylation is 1. The molecule has 0 N–H and O–H groups in total. The number of carbonyl (C=O) groups is 1. The van der Waals surface area contributed by atoms with Crippen molar-refractivity contribution in [3.8, 4) is 11.3 Å². The summed E-state index contributed by atoms with van der Waals surface area (Å²) in [6.07, 6.45) is 0. The molecule has 0 aliphatic rings. The highest BCUT2D eigenvalue weighted by atomic mass is 19.1. The molecule has 0 saturated heterocycles. The summed E-state index contributed by atoms with van der Waals surface area (Å²) in [5.41, 5.74) is 3.41. The van der Waals surface area contributed by atoms with Gasteiger partial charge in [0, 0.05) is 17.0 Å². The van der Waals surface area contributed by atoms with Crippen molar-refractivity contribution in [2.45, 2.75) is 6.92 Å². The lowest BCUT2D eigenvalue weighted by atomic mass is 10.0. The first-order chi connectivity index (χ1) is 10.6. The Kier molecular flexibility index (Phi) is 3.59. The zero-order chi connectivity index (χ0) is 15.7. The number of fused-ring (bicyclic) bond motifs is 1. The molecule has 4 heteroatoms. The number of nitrogens with zero attached hydrogens (tertiary/aromatic N) is 1. The number of esters is 1. The summed E-state index contributed by atoms with van der Waals surface area (Å²) in [5.74, 6) is -0.857. The van der Waals surface area contributed by atoms with Gasteiger partial charge in [-0.3, -0.25) is 0 Å². The Morgan fingerprint density at radius 1 is 1.09 bits per heavy atom. The van der Waals surface area contributed by atoms with E-state index in [-0.39, 0.29) is 0 Å². The average Bonchev–Trinajstić information content (AvgIpc) is 2.53. The molecular formula is C18H14FNO2. The summed E-state index contributed by atoms with van der Waals surface area (Å²) >= 11 is 0. The number of methoxy groups -OCH3 is 1. The highest BCUT2D eigenvalue weighted by Gasteiger charge is 2.14. The third-order valence-electron chi connectivity index (χ3n) is 3.52. The molecule has 3 aromatic rings. The number of rotatable bonds is 2. The SMILES string of the molecule is COC(=O)c1cc(-c2ccc(C)cc2)nc2cc(F)ccc12. The first kappa shape index (κ1) is 14.2. The van der Waals surface area contributed by atoms with Gasteiger partial charge in [0.1, 0.15) is 5.82 Å². The van der Waals surface area contributed by atoms with Gasteiger partial charge in [-0.15, -0.1) is 0 Å². The Morgan fingerprint density at radius 3 is 2.50 bits per heavy atom. The number of pyridine rings is 1. The van der Waals surface area contributed by atoms with E-state index in [4.69, 9.17) is 4.74 Å². The fourth-order valence-corrected chi connectivity index (χ4v) is 2.35. The number of carbonyl (C=O) groups excluding carboxylic acids is 1.